The summed E-state index contributed by atoms with van der Waals surface area (Å²) in [6.07, 6.45) is 6.29. The van der Waals surface area contributed by atoms with E-state index >= 15 is 0 Å². The van der Waals surface area contributed by atoms with Gasteiger partial charge in [-0.2, -0.15) is 0 Å². The third-order valence-corrected chi connectivity index (χ3v) is 7.66. The standard InChI is InChI=1S/C29H33N3O4/c1-19-15-21(24-9-5-6-10-26(24)30-19)18-36-23-13-11-20(12-14-23)16-29(17-25(29)27(33)32-35)28(34)31-22-7-3-2-4-8-22/h5-6,9-15,22,25,35H,2-4,7-8,16-18H2,1H3,(H,31,34)(H,32,33)/t25-,29+/m1/s1. The van der Waals surface area contributed by atoms with Gasteiger partial charge in [0.05, 0.1) is 16.8 Å². The van der Waals surface area contributed by atoms with E-state index in [1.54, 1.807) is 5.48 Å². The molecule has 7 heteroatoms. The van der Waals surface area contributed by atoms with Gasteiger partial charge in [-0.1, -0.05) is 49.6 Å². The van der Waals surface area contributed by atoms with E-state index in [1.807, 2.05) is 55.5 Å². The maximum Gasteiger partial charge on any atom is 0.247 e. The fourth-order valence-electron chi connectivity index (χ4n) is 5.57. The second kappa shape index (κ2) is 10.3. The highest BCUT2D eigenvalue weighted by Crippen LogP contribution is 2.55. The van der Waals surface area contributed by atoms with Gasteiger partial charge in [0.1, 0.15) is 12.4 Å². The smallest absolute Gasteiger partial charge is 0.247 e. The summed E-state index contributed by atoms with van der Waals surface area (Å²) in [5.74, 6) is -0.361. The predicted molar refractivity (Wildman–Crippen MR) is 136 cm³/mol. The number of aromatic nitrogens is 1. The van der Waals surface area contributed by atoms with Crippen LogP contribution in [0.25, 0.3) is 10.9 Å². The van der Waals surface area contributed by atoms with Gasteiger partial charge in [-0.15, -0.1) is 0 Å². The lowest BCUT2D eigenvalue weighted by atomic mass is 9.90. The van der Waals surface area contributed by atoms with Gasteiger partial charge in [0.15, 0.2) is 0 Å². The number of amides is 2. The Kier molecular flexibility index (Phi) is 6.92. The molecule has 2 aliphatic carbocycles. The molecular formula is C29H33N3O4. The van der Waals surface area contributed by atoms with Crippen molar-refractivity contribution in [3.05, 3.63) is 71.4 Å². The molecule has 2 aromatic carbocycles. The van der Waals surface area contributed by atoms with E-state index in [-0.39, 0.29) is 11.9 Å². The van der Waals surface area contributed by atoms with Crippen LogP contribution in [0.2, 0.25) is 0 Å². The summed E-state index contributed by atoms with van der Waals surface area (Å²) < 4.78 is 6.08. The number of hydrogen-bond acceptors (Lipinski definition) is 5. The predicted octanol–water partition coefficient (Wildman–Crippen LogP) is 4.63. The summed E-state index contributed by atoms with van der Waals surface area (Å²) in [5.41, 5.74) is 4.86. The van der Waals surface area contributed by atoms with Crippen molar-refractivity contribution in [2.24, 2.45) is 11.3 Å². The summed E-state index contributed by atoms with van der Waals surface area (Å²) in [4.78, 5) is 30.1. The molecule has 2 saturated carbocycles. The molecule has 7 nitrogen and oxygen atoms in total. The summed E-state index contributed by atoms with van der Waals surface area (Å²) in [6.45, 7) is 2.41. The van der Waals surface area contributed by atoms with E-state index in [0.29, 0.717) is 19.4 Å². The van der Waals surface area contributed by atoms with E-state index < -0.39 is 17.2 Å². The fraction of sp³-hybridized carbons (Fsp3) is 0.414. The summed E-state index contributed by atoms with van der Waals surface area (Å²) in [5, 5.41) is 13.4. The fourth-order valence-corrected chi connectivity index (χ4v) is 5.57. The highest BCUT2D eigenvalue weighted by molar-refractivity contribution is 5.96. The second-order valence-corrected chi connectivity index (χ2v) is 10.2. The molecule has 188 valence electrons. The van der Waals surface area contributed by atoms with Crippen LogP contribution in [0.5, 0.6) is 5.75 Å². The molecule has 2 amide bonds. The normalized spacial score (nSPS) is 21.7. The molecule has 0 radical (unpaired) electrons. The van der Waals surface area contributed by atoms with Crippen LogP contribution >= 0.6 is 0 Å². The van der Waals surface area contributed by atoms with Gasteiger partial charge >= 0.3 is 0 Å². The lowest BCUT2D eigenvalue weighted by molar-refractivity contribution is -0.135. The monoisotopic (exact) mass is 487 g/mol. The molecule has 3 N–H and O–H groups in total. The van der Waals surface area contributed by atoms with Gasteiger partial charge in [0, 0.05) is 22.7 Å². The summed E-state index contributed by atoms with van der Waals surface area (Å²) in [7, 11) is 0. The molecule has 36 heavy (non-hydrogen) atoms. The molecule has 2 aliphatic rings. The molecule has 0 unspecified atom stereocenters. The Bertz CT molecular complexity index is 1250. The number of rotatable bonds is 8. The maximum absolute atomic E-state index is 13.3. The molecule has 1 aromatic heterocycles. The second-order valence-electron chi connectivity index (χ2n) is 10.2. The number of hydrogen-bond donors (Lipinski definition) is 3. The van der Waals surface area contributed by atoms with Gasteiger partial charge in [0.2, 0.25) is 11.8 Å². The number of hydroxylamine groups is 1. The zero-order valence-electron chi connectivity index (χ0n) is 20.6. The Balaban J connectivity index is 1.26. The van der Waals surface area contributed by atoms with Crippen molar-refractivity contribution < 1.29 is 19.5 Å². The lowest BCUT2D eigenvalue weighted by Crippen LogP contribution is -2.43. The highest BCUT2D eigenvalue weighted by Gasteiger charge is 2.63. The van der Waals surface area contributed by atoms with E-state index in [9.17, 15) is 9.59 Å². The first-order valence-corrected chi connectivity index (χ1v) is 12.8. The zero-order valence-corrected chi connectivity index (χ0v) is 20.6. The largest absolute Gasteiger partial charge is 0.489 e. The minimum absolute atomic E-state index is 0.0803. The van der Waals surface area contributed by atoms with Crippen molar-refractivity contribution in [2.45, 2.75) is 64.5 Å². The first-order chi connectivity index (χ1) is 17.5. The first-order valence-electron chi connectivity index (χ1n) is 12.8. The number of carbonyl (C=O) groups is 2. The van der Waals surface area contributed by atoms with Gasteiger partial charge in [-0.3, -0.25) is 19.8 Å². The third-order valence-electron chi connectivity index (χ3n) is 7.66. The molecular weight excluding hydrogens is 454 g/mol. The van der Waals surface area contributed by atoms with Crippen molar-refractivity contribution >= 4 is 22.7 Å². The van der Waals surface area contributed by atoms with Crippen molar-refractivity contribution in [1.82, 2.24) is 15.8 Å². The van der Waals surface area contributed by atoms with Crippen LogP contribution in [0, 0.1) is 18.3 Å². The molecule has 3 aromatic rings. The SMILES string of the molecule is Cc1cc(COc2ccc(C[C@]3(C(=O)NC4CCCCC4)C[C@@H]3C(=O)NO)cc2)c2ccccc2n1. The number of fused-ring (bicyclic) bond motifs is 1. The van der Waals surface area contributed by atoms with Crippen molar-refractivity contribution in [1.29, 1.82) is 0 Å². The van der Waals surface area contributed by atoms with E-state index in [0.717, 1.165) is 59.2 Å². The minimum atomic E-state index is -0.819. The Labute approximate surface area is 211 Å². The topological polar surface area (TPSA) is 101 Å². The molecule has 0 spiro atoms. The minimum Gasteiger partial charge on any atom is -0.489 e. The van der Waals surface area contributed by atoms with Crippen LogP contribution in [0.4, 0.5) is 0 Å². The van der Waals surface area contributed by atoms with E-state index in [4.69, 9.17) is 9.94 Å². The van der Waals surface area contributed by atoms with Crippen LogP contribution in [-0.2, 0) is 22.6 Å². The molecule has 2 atom stereocenters. The van der Waals surface area contributed by atoms with Crippen LogP contribution in [0.1, 0.15) is 55.3 Å². The Morgan fingerprint density at radius 3 is 2.58 bits per heavy atom. The average Bonchev–Trinajstić information content (AvgIpc) is 3.63. The van der Waals surface area contributed by atoms with Crippen molar-refractivity contribution in [3.8, 4) is 5.75 Å². The van der Waals surface area contributed by atoms with Crippen LogP contribution < -0.4 is 15.5 Å². The molecule has 0 bridgehead atoms. The summed E-state index contributed by atoms with van der Waals surface area (Å²) in [6, 6.07) is 18.0. The molecule has 0 aliphatic heterocycles. The van der Waals surface area contributed by atoms with Gasteiger partial charge in [0.25, 0.3) is 0 Å². The number of para-hydroxylation sites is 1. The molecule has 2 fully saturated rings. The lowest BCUT2D eigenvalue weighted by Gasteiger charge is -2.26. The van der Waals surface area contributed by atoms with Crippen LogP contribution in [0.3, 0.4) is 0 Å². The van der Waals surface area contributed by atoms with Gasteiger partial charge < -0.3 is 10.1 Å². The number of nitrogens with one attached hydrogen (secondary N) is 2. The Hall–Kier alpha value is -3.45. The Morgan fingerprint density at radius 1 is 1.08 bits per heavy atom. The van der Waals surface area contributed by atoms with Gasteiger partial charge in [-0.05, 0) is 62.4 Å². The maximum atomic E-state index is 13.3. The van der Waals surface area contributed by atoms with Crippen molar-refractivity contribution in [2.75, 3.05) is 0 Å². The Morgan fingerprint density at radius 2 is 1.83 bits per heavy atom. The number of ether oxygens (including phenoxy) is 1. The van der Waals surface area contributed by atoms with Crippen molar-refractivity contribution in [3.63, 3.8) is 0 Å². The van der Waals surface area contributed by atoms with Gasteiger partial charge in [-0.25, -0.2) is 5.48 Å². The first kappa shape index (κ1) is 24.3. The number of benzene rings is 2. The number of carbonyl (C=O) groups excluding carboxylic acids is 2. The van der Waals surface area contributed by atoms with Crippen LogP contribution in [-0.4, -0.2) is 28.0 Å². The molecule has 5 rings (SSSR count). The van der Waals surface area contributed by atoms with Crippen LogP contribution in [0.15, 0.2) is 54.6 Å². The number of aryl methyl sites for hydroxylation is 1. The number of nitrogens with zero attached hydrogens (tertiary/aromatic N) is 1. The van der Waals surface area contributed by atoms with E-state index in [1.165, 1.54) is 6.42 Å². The van der Waals surface area contributed by atoms with E-state index in [2.05, 4.69) is 16.4 Å². The number of pyridine rings is 1. The quantitative estimate of drug-likeness (QED) is 0.318. The zero-order chi connectivity index (χ0) is 25.1. The molecule has 1 heterocycles. The summed E-state index contributed by atoms with van der Waals surface area (Å²) >= 11 is 0. The average molecular weight is 488 g/mol. The third kappa shape index (κ3) is 5.07. The highest BCUT2D eigenvalue weighted by atomic mass is 16.5. The molecule has 0 saturated heterocycles.